The van der Waals surface area contributed by atoms with Crippen LogP contribution in [0.1, 0.15) is 18.7 Å². The summed E-state index contributed by atoms with van der Waals surface area (Å²) in [5.74, 6) is 0.890. The SMILES string of the molecule is COc1cccc(OC)c1-n1c(NS(=O)(=O)[C@@H](C)[C@H](O)c2cn3ccccc3n2)nnc1-c1ccccn1. The van der Waals surface area contributed by atoms with Gasteiger partial charge in [0.25, 0.3) is 0 Å². The van der Waals surface area contributed by atoms with Crippen LogP contribution in [0.25, 0.3) is 22.9 Å². The van der Waals surface area contributed by atoms with Crippen molar-refractivity contribution in [2.45, 2.75) is 18.3 Å². The summed E-state index contributed by atoms with van der Waals surface area (Å²) in [7, 11) is -1.24. The molecule has 13 heteroatoms. The number of hydrogen-bond donors (Lipinski definition) is 2. The second kappa shape index (κ2) is 10.1. The van der Waals surface area contributed by atoms with E-state index in [2.05, 4.69) is 24.9 Å². The fraction of sp³-hybridized carbons (Fsp3) is 0.200. The molecule has 0 fully saturated rings. The smallest absolute Gasteiger partial charge is 0.243 e. The van der Waals surface area contributed by atoms with E-state index in [9.17, 15) is 13.5 Å². The van der Waals surface area contributed by atoms with Crippen LogP contribution in [0.4, 0.5) is 5.95 Å². The lowest BCUT2D eigenvalue weighted by Gasteiger charge is -2.20. The molecule has 2 atom stereocenters. The zero-order valence-electron chi connectivity index (χ0n) is 20.8. The number of aliphatic hydroxyl groups excluding tert-OH is 1. The molecule has 0 saturated carbocycles. The van der Waals surface area contributed by atoms with E-state index >= 15 is 0 Å². The quantitative estimate of drug-likeness (QED) is 0.291. The molecule has 0 aliphatic carbocycles. The maximum absolute atomic E-state index is 13.5. The van der Waals surface area contributed by atoms with Gasteiger partial charge >= 0.3 is 0 Å². The lowest BCUT2D eigenvalue weighted by Crippen LogP contribution is -2.32. The number of ether oxygens (including phenoxy) is 2. The Kier molecular flexibility index (Phi) is 6.70. The summed E-state index contributed by atoms with van der Waals surface area (Å²) >= 11 is 0. The van der Waals surface area contributed by atoms with Gasteiger partial charge in [-0.2, -0.15) is 0 Å². The molecule has 0 spiro atoms. The first-order valence-corrected chi connectivity index (χ1v) is 13.1. The van der Waals surface area contributed by atoms with E-state index in [1.165, 1.54) is 25.7 Å². The van der Waals surface area contributed by atoms with Gasteiger partial charge in [0.2, 0.25) is 16.0 Å². The van der Waals surface area contributed by atoms with Crippen molar-refractivity contribution in [1.29, 1.82) is 0 Å². The topological polar surface area (TPSA) is 146 Å². The molecule has 0 unspecified atom stereocenters. The predicted molar refractivity (Wildman–Crippen MR) is 140 cm³/mol. The molecule has 5 rings (SSSR count). The molecule has 4 heterocycles. The monoisotopic (exact) mass is 535 g/mol. The van der Waals surface area contributed by atoms with Crippen LogP contribution in [-0.2, 0) is 10.0 Å². The number of imidazole rings is 1. The number of sulfonamides is 1. The molecule has 4 aromatic heterocycles. The van der Waals surface area contributed by atoms with Gasteiger partial charge in [-0.15, -0.1) is 10.2 Å². The second-order valence-corrected chi connectivity index (χ2v) is 10.4. The third kappa shape index (κ3) is 4.53. The summed E-state index contributed by atoms with van der Waals surface area (Å²) in [5.41, 5.74) is 1.61. The van der Waals surface area contributed by atoms with Crippen molar-refractivity contribution in [3.05, 3.63) is 78.9 Å². The van der Waals surface area contributed by atoms with E-state index in [1.54, 1.807) is 71.5 Å². The van der Waals surface area contributed by atoms with E-state index in [4.69, 9.17) is 9.47 Å². The highest BCUT2D eigenvalue weighted by atomic mass is 32.2. The van der Waals surface area contributed by atoms with Crippen molar-refractivity contribution in [3.63, 3.8) is 0 Å². The average Bonchev–Trinajstić information content (AvgIpc) is 3.56. The zero-order valence-corrected chi connectivity index (χ0v) is 21.6. The third-order valence-electron chi connectivity index (χ3n) is 6.04. The second-order valence-electron chi connectivity index (χ2n) is 8.34. The molecule has 2 N–H and O–H groups in total. The van der Waals surface area contributed by atoms with Crippen LogP contribution in [0.3, 0.4) is 0 Å². The van der Waals surface area contributed by atoms with E-state index in [1.807, 2.05) is 6.07 Å². The Bertz CT molecular complexity index is 1630. The molecule has 0 radical (unpaired) electrons. The Balaban J connectivity index is 1.58. The number of rotatable bonds is 9. The van der Waals surface area contributed by atoms with Gasteiger partial charge in [-0.1, -0.05) is 18.2 Å². The summed E-state index contributed by atoms with van der Waals surface area (Å²) in [6.07, 6.45) is 3.52. The Labute approximate surface area is 218 Å². The highest BCUT2D eigenvalue weighted by Gasteiger charge is 2.33. The highest BCUT2D eigenvalue weighted by Crippen LogP contribution is 2.37. The highest BCUT2D eigenvalue weighted by molar-refractivity contribution is 7.93. The van der Waals surface area contributed by atoms with E-state index in [-0.39, 0.29) is 17.5 Å². The summed E-state index contributed by atoms with van der Waals surface area (Å²) in [4.78, 5) is 8.70. The van der Waals surface area contributed by atoms with E-state index < -0.39 is 21.4 Å². The molecule has 0 saturated heterocycles. The Morgan fingerprint density at radius 3 is 2.37 bits per heavy atom. The lowest BCUT2D eigenvalue weighted by atomic mass is 10.2. The zero-order chi connectivity index (χ0) is 26.9. The number of pyridine rings is 2. The van der Waals surface area contributed by atoms with Crippen molar-refractivity contribution >= 4 is 21.6 Å². The summed E-state index contributed by atoms with van der Waals surface area (Å²) in [5, 5.41) is 18.0. The number of para-hydroxylation sites is 1. The number of fused-ring (bicyclic) bond motifs is 1. The minimum atomic E-state index is -4.21. The fourth-order valence-electron chi connectivity index (χ4n) is 4.00. The molecule has 0 aliphatic heterocycles. The van der Waals surface area contributed by atoms with Gasteiger partial charge in [-0.25, -0.2) is 13.4 Å². The first-order chi connectivity index (χ1) is 18.3. The minimum Gasteiger partial charge on any atom is -0.494 e. The molecule has 196 valence electrons. The van der Waals surface area contributed by atoms with Gasteiger partial charge in [0.15, 0.2) is 5.82 Å². The van der Waals surface area contributed by atoms with E-state index in [0.717, 1.165) is 0 Å². The Morgan fingerprint density at radius 1 is 0.974 bits per heavy atom. The van der Waals surface area contributed by atoms with Crippen LogP contribution in [0.2, 0.25) is 0 Å². The first-order valence-electron chi connectivity index (χ1n) is 11.6. The van der Waals surface area contributed by atoms with Crippen LogP contribution >= 0.6 is 0 Å². The standard InChI is InChI=1S/C25H25N7O5S/c1-16(23(33)18-15-31-14-7-5-12-21(31)27-18)38(34,35)30-25-29-28-24(17-9-4-6-13-26-17)32(25)22-19(36-2)10-8-11-20(22)37-3/h4-16,23,33H,1-3H3,(H,29,30)/t16-,23-/m0/s1. The number of aromatic nitrogens is 6. The van der Waals surface area contributed by atoms with Crippen molar-refractivity contribution in [2.75, 3.05) is 18.9 Å². The van der Waals surface area contributed by atoms with Gasteiger partial charge in [-0.3, -0.25) is 14.3 Å². The van der Waals surface area contributed by atoms with Gasteiger partial charge < -0.3 is 19.0 Å². The van der Waals surface area contributed by atoms with Crippen molar-refractivity contribution < 1.29 is 23.0 Å². The minimum absolute atomic E-state index is 0.137. The maximum atomic E-state index is 13.5. The number of aliphatic hydroxyl groups is 1. The molecule has 38 heavy (non-hydrogen) atoms. The van der Waals surface area contributed by atoms with Gasteiger partial charge in [0, 0.05) is 18.6 Å². The normalized spacial score (nSPS) is 13.3. The Hall–Kier alpha value is -4.49. The molecular weight excluding hydrogens is 510 g/mol. The number of nitrogens with one attached hydrogen (secondary N) is 1. The van der Waals surface area contributed by atoms with Gasteiger partial charge in [0.05, 0.1) is 19.9 Å². The lowest BCUT2D eigenvalue weighted by molar-refractivity contribution is 0.172. The average molecular weight is 536 g/mol. The fourth-order valence-corrected chi connectivity index (χ4v) is 5.05. The molecule has 0 aliphatic rings. The van der Waals surface area contributed by atoms with Gasteiger partial charge in [-0.05, 0) is 43.3 Å². The first kappa shape index (κ1) is 25.2. The third-order valence-corrected chi connectivity index (χ3v) is 7.74. The predicted octanol–water partition coefficient (Wildman–Crippen LogP) is 2.86. The van der Waals surface area contributed by atoms with Crippen LogP contribution in [0.5, 0.6) is 11.5 Å². The van der Waals surface area contributed by atoms with E-state index in [0.29, 0.717) is 28.5 Å². The number of methoxy groups -OCH3 is 2. The van der Waals surface area contributed by atoms with Gasteiger partial charge in [0.1, 0.15) is 39.9 Å². The molecule has 12 nitrogen and oxygen atoms in total. The van der Waals surface area contributed by atoms with Crippen molar-refractivity contribution in [1.82, 2.24) is 29.1 Å². The summed E-state index contributed by atoms with van der Waals surface area (Å²) in [6, 6.07) is 15.8. The maximum Gasteiger partial charge on any atom is 0.243 e. The molecular formula is C25H25N7O5S. The molecule has 0 amide bonds. The number of anilines is 1. The molecule has 5 aromatic rings. The van der Waals surface area contributed by atoms with Crippen LogP contribution in [-0.4, -0.2) is 62.1 Å². The summed E-state index contributed by atoms with van der Waals surface area (Å²) in [6.45, 7) is 1.39. The number of nitrogens with zero attached hydrogens (tertiary/aromatic N) is 6. The molecule has 0 bridgehead atoms. The number of hydrogen-bond acceptors (Lipinski definition) is 9. The summed E-state index contributed by atoms with van der Waals surface area (Å²) < 4.78 is 43.8. The van der Waals surface area contributed by atoms with Crippen LogP contribution in [0, 0.1) is 0 Å². The van der Waals surface area contributed by atoms with Crippen LogP contribution in [0.15, 0.2) is 73.2 Å². The van der Waals surface area contributed by atoms with Crippen LogP contribution < -0.4 is 14.2 Å². The Morgan fingerprint density at radius 2 is 1.71 bits per heavy atom. The van der Waals surface area contributed by atoms with Crippen molar-refractivity contribution in [3.8, 4) is 28.7 Å². The van der Waals surface area contributed by atoms with Crippen molar-refractivity contribution in [2.24, 2.45) is 0 Å². The molecule has 1 aromatic carbocycles. The number of benzene rings is 1. The largest absolute Gasteiger partial charge is 0.494 e.